The van der Waals surface area contributed by atoms with E-state index in [1.54, 1.807) is 4.90 Å². The van der Waals surface area contributed by atoms with E-state index in [1.165, 1.54) is 0 Å². The van der Waals surface area contributed by atoms with Crippen LogP contribution in [0.3, 0.4) is 0 Å². The van der Waals surface area contributed by atoms with Crippen LogP contribution in [0.5, 0.6) is 0 Å². The van der Waals surface area contributed by atoms with Gasteiger partial charge >= 0.3 is 0 Å². The molecule has 0 bridgehead atoms. The van der Waals surface area contributed by atoms with E-state index in [0.29, 0.717) is 19.5 Å². The van der Waals surface area contributed by atoms with Crippen molar-refractivity contribution in [1.82, 2.24) is 4.90 Å². The molecule has 1 rings (SSSR count). The predicted octanol–water partition coefficient (Wildman–Crippen LogP) is 0.745. The van der Waals surface area contributed by atoms with Crippen LogP contribution in [0.2, 0.25) is 0 Å². The molecule has 4 heteroatoms. The van der Waals surface area contributed by atoms with E-state index in [1.807, 2.05) is 37.3 Å². The zero-order valence-electron chi connectivity index (χ0n) is 10.2. The lowest BCUT2D eigenvalue weighted by Gasteiger charge is -2.24. The summed E-state index contributed by atoms with van der Waals surface area (Å²) < 4.78 is 0. The molecule has 4 nitrogen and oxygen atoms in total. The average molecular weight is 236 g/mol. The van der Waals surface area contributed by atoms with Gasteiger partial charge in [0, 0.05) is 13.1 Å². The minimum atomic E-state index is -0.481. The van der Waals surface area contributed by atoms with Gasteiger partial charge in [-0.25, -0.2) is 0 Å². The van der Waals surface area contributed by atoms with Crippen LogP contribution >= 0.6 is 0 Å². The summed E-state index contributed by atoms with van der Waals surface area (Å²) >= 11 is 0. The normalized spacial score (nSPS) is 12.2. The van der Waals surface area contributed by atoms with Gasteiger partial charge in [0.25, 0.3) is 0 Å². The van der Waals surface area contributed by atoms with Crippen molar-refractivity contribution in [3.05, 3.63) is 35.9 Å². The van der Waals surface area contributed by atoms with Gasteiger partial charge in [-0.2, -0.15) is 0 Å². The smallest absolute Gasteiger partial charge is 0.239 e. The molecule has 0 spiro atoms. The lowest BCUT2D eigenvalue weighted by Crippen LogP contribution is -2.44. The van der Waals surface area contributed by atoms with E-state index < -0.39 is 6.04 Å². The number of amides is 1. The summed E-state index contributed by atoms with van der Waals surface area (Å²) in [7, 11) is 0. The Morgan fingerprint density at radius 2 is 2.06 bits per heavy atom. The molecule has 0 saturated carbocycles. The molecule has 0 aliphatic heterocycles. The first-order valence-electron chi connectivity index (χ1n) is 5.88. The Hall–Kier alpha value is -1.39. The number of aliphatic hydroxyl groups excluding tert-OH is 1. The highest BCUT2D eigenvalue weighted by atomic mass is 16.3. The van der Waals surface area contributed by atoms with E-state index in [0.717, 1.165) is 5.56 Å². The van der Waals surface area contributed by atoms with Crippen LogP contribution in [0.4, 0.5) is 0 Å². The number of carbonyl (C=O) groups excluding carboxylic acids is 1. The molecule has 0 aliphatic rings. The fourth-order valence-corrected chi connectivity index (χ4v) is 1.60. The molecule has 0 aromatic heterocycles. The Morgan fingerprint density at radius 1 is 1.41 bits per heavy atom. The SMILES string of the molecule is CC[C@H](N)C(=O)N(CCO)Cc1ccccc1. The summed E-state index contributed by atoms with van der Waals surface area (Å²) in [6.45, 7) is 2.65. The number of hydrogen-bond acceptors (Lipinski definition) is 3. The third-order valence-electron chi connectivity index (χ3n) is 2.65. The van der Waals surface area contributed by atoms with Crippen molar-refractivity contribution >= 4 is 5.91 Å². The van der Waals surface area contributed by atoms with Crippen molar-refractivity contribution in [2.24, 2.45) is 5.73 Å². The number of benzene rings is 1. The molecule has 94 valence electrons. The molecule has 1 aromatic carbocycles. The number of nitrogens with two attached hydrogens (primary N) is 1. The van der Waals surface area contributed by atoms with Crippen LogP contribution in [-0.2, 0) is 11.3 Å². The predicted molar refractivity (Wildman–Crippen MR) is 67.2 cm³/mol. The van der Waals surface area contributed by atoms with Crippen molar-refractivity contribution in [3.8, 4) is 0 Å². The fraction of sp³-hybridized carbons (Fsp3) is 0.462. The Bertz CT molecular complexity index is 341. The van der Waals surface area contributed by atoms with Crippen LogP contribution < -0.4 is 5.73 Å². The highest BCUT2D eigenvalue weighted by Gasteiger charge is 2.19. The van der Waals surface area contributed by atoms with Gasteiger partial charge in [-0.3, -0.25) is 4.79 Å². The second-order valence-electron chi connectivity index (χ2n) is 3.98. The van der Waals surface area contributed by atoms with Gasteiger partial charge in [0.1, 0.15) is 0 Å². The first-order chi connectivity index (χ1) is 8.19. The van der Waals surface area contributed by atoms with E-state index in [9.17, 15) is 4.79 Å². The summed E-state index contributed by atoms with van der Waals surface area (Å²) in [6, 6.07) is 9.21. The summed E-state index contributed by atoms with van der Waals surface area (Å²) in [5, 5.41) is 8.98. The van der Waals surface area contributed by atoms with Gasteiger partial charge in [-0.15, -0.1) is 0 Å². The highest BCUT2D eigenvalue weighted by molar-refractivity contribution is 5.81. The van der Waals surface area contributed by atoms with Gasteiger partial charge < -0.3 is 15.7 Å². The first kappa shape index (κ1) is 13.7. The Morgan fingerprint density at radius 3 is 2.59 bits per heavy atom. The number of rotatable bonds is 6. The summed E-state index contributed by atoms with van der Waals surface area (Å²) in [5.41, 5.74) is 6.77. The fourth-order valence-electron chi connectivity index (χ4n) is 1.60. The number of nitrogens with zero attached hydrogens (tertiary/aromatic N) is 1. The molecule has 1 aromatic rings. The van der Waals surface area contributed by atoms with Crippen molar-refractivity contribution in [2.75, 3.05) is 13.2 Å². The standard InChI is InChI=1S/C13H20N2O2/c1-2-12(14)13(17)15(8-9-16)10-11-6-4-3-5-7-11/h3-7,12,16H,2,8-10,14H2,1H3/t12-/m0/s1. The maximum Gasteiger partial charge on any atom is 0.239 e. The third kappa shape index (κ3) is 4.17. The van der Waals surface area contributed by atoms with Crippen molar-refractivity contribution < 1.29 is 9.90 Å². The van der Waals surface area contributed by atoms with Gasteiger partial charge in [-0.05, 0) is 12.0 Å². The average Bonchev–Trinajstić information content (AvgIpc) is 2.37. The van der Waals surface area contributed by atoms with Crippen molar-refractivity contribution in [3.63, 3.8) is 0 Å². The Kier molecular flexibility index (Phi) is 5.66. The molecule has 0 saturated heterocycles. The lowest BCUT2D eigenvalue weighted by atomic mass is 10.1. The van der Waals surface area contributed by atoms with E-state index in [2.05, 4.69) is 0 Å². The molecule has 3 N–H and O–H groups in total. The monoisotopic (exact) mass is 236 g/mol. The number of carbonyl (C=O) groups is 1. The van der Waals surface area contributed by atoms with Gasteiger partial charge in [0.2, 0.25) is 5.91 Å². The molecular formula is C13H20N2O2. The van der Waals surface area contributed by atoms with Crippen LogP contribution in [0.15, 0.2) is 30.3 Å². The minimum Gasteiger partial charge on any atom is -0.395 e. The summed E-state index contributed by atoms with van der Waals surface area (Å²) in [6.07, 6.45) is 0.607. The lowest BCUT2D eigenvalue weighted by molar-refractivity contribution is -0.133. The van der Waals surface area contributed by atoms with Crippen LogP contribution in [0.25, 0.3) is 0 Å². The van der Waals surface area contributed by atoms with Gasteiger partial charge in [-0.1, -0.05) is 37.3 Å². The second-order valence-corrected chi connectivity index (χ2v) is 3.98. The first-order valence-corrected chi connectivity index (χ1v) is 5.88. The largest absolute Gasteiger partial charge is 0.395 e. The molecule has 0 heterocycles. The Labute approximate surface area is 102 Å². The van der Waals surface area contributed by atoms with Crippen LogP contribution in [-0.4, -0.2) is 35.1 Å². The maximum absolute atomic E-state index is 12.0. The number of aliphatic hydroxyl groups is 1. The molecule has 0 aliphatic carbocycles. The molecule has 1 atom stereocenters. The van der Waals surface area contributed by atoms with Gasteiger partial charge in [0.05, 0.1) is 12.6 Å². The van der Waals surface area contributed by atoms with E-state index >= 15 is 0 Å². The van der Waals surface area contributed by atoms with E-state index in [-0.39, 0.29) is 12.5 Å². The highest BCUT2D eigenvalue weighted by Crippen LogP contribution is 2.06. The molecule has 0 unspecified atom stereocenters. The quantitative estimate of drug-likeness (QED) is 0.765. The maximum atomic E-state index is 12.0. The minimum absolute atomic E-state index is 0.0466. The Balaban J connectivity index is 2.69. The molecule has 1 amide bonds. The van der Waals surface area contributed by atoms with Gasteiger partial charge in [0.15, 0.2) is 0 Å². The molecule has 0 radical (unpaired) electrons. The summed E-state index contributed by atoms with van der Waals surface area (Å²) in [5.74, 6) is -0.106. The molecule has 17 heavy (non-hydrogen) atoms. The van der Waals surface area contributed by atoms with Crippen molar-refractivity contribution in [1.29, 1.82) is 0 Å². The van der Waals surface area contributed by atoms with E-state index in [4.69, 9.17) is 10.8 Å². The zero-order valence-corrected chi connectivity index (χ0v) is 10.2. The number of hydrogen-bond donors (Lipinski definition) is 2. The van der Waals surface area contributed by atoms with Crippen LogP contribution in [0.1, 0.15) is 18.9 Å². The third-order valence-corrected chi connectivity index (χ3v) is 2.65. The topological polar surface area (TPSA) is 66.6 Å². The summed E-state index contributed by atoms with van der Waals surface area (Å²) in [4.78, 5) is 13.6. The zero-order chi connectivity index (χ0) is 12.7. The second kappa shape index (κ2) is 7.04. The molecule has 0 fully saturated rings. The van der Waals surface area contributed by atoms with Crippen LogP contribution in [0, 0.1) is 0 Å². The molecular weight excluding hydrogens is 216 g/mol. The van der Waals surface area contributed by atoms with Crippen molar-refractivity contribution in [2.45, 2.75) is 25.9 Å².